The first kappa shape index (κ1) is 18.6. The maximum atomic E-state index is 13.2. The molecule has 0 amide bonds. The number of aromatic nitrogens is 4. The summed E-state index contributed by atoms with van der Waals surface area (Å²) >= 11 is 0. The molecule has 3 aromatic heterocycles. The number of rotatable bonds is 4. The minimum atomic E-state index is -4.51. The number of hydrogen-bond donors (Lipinski definition) is 0. The molecule has 0 aliphatic carbocycles. The van der Waals surface area contributed by atoms with Gasteiger partial charge in [-0.05, 0) is 29.8 Å². The zero-order valence-electron chi connectivity index (χ0n) is 14.8. The van der Waals surface area contributed by atoms with Crippen LogP contribution in [-0.2, 0) is 12.7 Å². The van der Waals surface area contributed by atoms with Gasteiger partial charge in [0.1, 0.15) is 0 Å². The molecule has 146 valence electrons. The number of benzene rings is 1. The minimum absolute atomic E-state index is 0.0118. The molecule has 29 heavy (non-hydrogen) atoms. The Labute approximate surface area is 162 Å². The van der Waals surface area contributed by atoms with E-state index in [-0.39, 0.29) is 18.0 Å². The van der Waals surface area contributed by atoms with Crippen molar-refractivity contribution in [3.63, 3.8) is 0 Å². The van der Waals surface area contributed by atoms with Crippen LogP contribution in [0.2, 0.25) is 0 Å². The van der Waals surface area contributed by atoms with Gasteiger partial charge in [-0.15, -0.1) is 0 Å². The lowest BCUT2D eigenvalue weighted by Crippen LogP contribution is -2.21. The predicted octanol–water partition coefficient (Wildman–Crippen LogP) is 4.03. The van der Waals surface area contributed by atoms with Gasteiger partial charge in [-0.25, -0.2) is 0 Å². The molecule has 0 N–H and O–H groups in total. The quantitative estimate of drug-likeness (QED) is 0.519. The number of alkyl halides is 3. The van der Waals surface area contributed by atoms with Crippen molar-refractivity contribution in [3.8, 4) is 22.8 Å². The first-order chi connectivity index (χ1) is 13.9. The number of halogens is 3. The molecule has 9 heteroatoms. The van der Waals surface area contributed by atoms with Crippen LogP contribution < -0.4 is 5.56 Å². The highest BCUT2D eigenvalue weighted by atomic mass is 19.4. The summed E-state index contributed by atoms with van der Waals surface area (Å²) in [6.07, 6.45) is 0.0658. The third kappa shape index (κ3) is 3.93. The molecule has 0 fully saturated rings. The Kier molecular flexibility index (Phi) is 4.71. The number of hydrogen-bond acceptors (Lipinski definition) is 5. The third-order valence-electron chi connectivity index (χ3n) is 4.26. The van der Waals surface area contributed by atoms with Gasteiger partial charge in [0.2, 0.25) is 5.82 Å². The van der Waals surface area contributed by atoms with E-state index >= 15 is 0 Å². The van der Waals surface area contributed by atoms with Crippen LogP contribution in [0.1, 0.15) is 11.1 Å². The average Bonchev–Trinajstić information content (AvgIpc) is 3.20. The molecule has 0 spiro atoms. The van der Waals surface area contributed by atoms with Crippen molar-refractivity contribution in [2.45, 2.75) is 12.7 Å². The largest absolute Gasteiger partial charge is 0.416 e. The Hall–Kier alpha value is -3.75. The van der Waals surface area contributed by atoms with E-state index in [9.17, 15) is 18.0 Å². The van der Waals surface area contributed by atoms with Crippen LogP contribution in [0.3, 0.4) is 0 Å². The molecule has 6 nitrogen and oxygen atoms in total. The molecule has 0 aliphatic heterocycles. The highest BCUT2D eigenvalue weighted by Crippen LogP contribution is 2.32. The van der Waals surface area contributed by atoms with Gasteiger partial charge in [0.25, 0.3) is 11.4 Å². The average molecular weight is 398 g/mol. The monoisotopic (exact) mass is 398 g/mol. The van der Waals surface area contributed by atoms with Crippen molar-refractivity contribution in [1.82, 2.24) is 19.7 Å². The first-order valence-corrected chi connectivity index (χ1v) is 8.52. The van der Waals surface area contributed by atoms with Crippen LogP contribution in [-0.4, -0.2) is 19.7 Å². The van der Waals surface area contributed by atoms with Gasteiger partial charge in [-0.3, -0.25) is 9.78 Å². The van der Waals surface area contributed by atoms with E-state index in [0.29, 0.717) is 17.0 Å². The summed E-state index contributed by atoms with van der Waals surface area (Å²) in [5.41, 5.74) is -0.124. The van der Waals surface area contributed by atoms with E-state index in [4.69, 9.17) is 4.52 Å². The van der Waals surface area contributed by atoms with Gasteiger partial charge >= 0.3 is 6.18 Å². The van der Waals surface area contributed by atoms with Crippen molar-refractivity contribution in [2.75, 3.05) is 0 Å². The molecule has 4 rings (SSSR count). The molecule has 0 unspecified atom stereocenters. The van der Waals surface area contributed by atoms with E-state index < -0.39 is 17.3 Å². The van der Waals surface area contributed by atoms with Gasteiger partial charge in [0.05, 0.1) is 17.7 Å². The van der Waals surface area contributed by atoms with Crippen molar-refractivity contribution < 1.29 is 17.7 Å². The van der Waals surface area contributed by atoms with Crippen molar-refractivity contribution in [3.05, 3.63) is 88.6 Å². The predicted molar refractivity (Wildman–Crippen MR) is 97.8 cm³/mol. The summed E-state index contributed by atoms with van der Waals surface area (Å²) < 4.78 is 46.1. The Balaban J connectivity index is 1.68. The van der Waals surface area contributed by atoms with Crippen LogP contribution in [0.4, 0.5) is 13.2 Å². The molecule has 0 radical (unpaired) electrons. The summed E-state index contributed by atoms with van der Waals surface area (Å²) in [6, 6.07) is 11.3. The summed E-state index contributed by atoms with van der Waals surface area (Å²) in [5.74, 6) is 0.484. The fourth-order valence-corrected chi connectivity index (χ4v) is 2.86. The van der Waals surface area contributed by atoms with E-state index in [1.165, 1.54) is 41.1 Å². The standard InChI is InChI=1S/C20H13F3N4O2/c21-20(22,23)16-4-2-1-3-14(16)11-27-12-15(5-6-17(27)28)19-25-18(26-29-19)13-7-9-24-10-8-13/h1-10,12H,11H2. The molecule has 0 aliphatic rings. The maximum Gasteiger partial charge on any atom is 0.416 e. The van der Waals surface area contributed by atoms with E-state index in [1.54, 1.807) is 24.5 Å². The smallest absolute Gasteiger partial charge is 0.334 e. The zero-order valence-corrected chi connectivity index (χ0v) is 14.8. The van der Waals surface area contributed by atoms with Crippen molar-refractivity contribution in [2.24, 2.45) is 0 Å². The van der Waals surface area contributed by atoms with Crippen LogP contribution in [0.15, 0.2) is 76.4 Å². The molecule has 0 saturated heterocycles. The van der Waals surface area contributed by atoms with E-state index in [2.05, 4.69) is 15.1 Å². The lowest BCUT2D eigenvalue weighted by Gasteiger charge is -2.14. The molecular weight excluding hydrogens is 385 g/mol. The van der Waals surface area contributed by atoms with Gasteiger partial charge in [-0.1, -0.05) is 23.4 Å². The van der Waals surface area contributed by atoms with Gasteiger partial charge in [-0.2, -0.15) is 18.2 Å². The zero-order chi connectivity index (χ0) is 20.4. The molecule has 4 aromatic rings. The normalized spacial score (nSPS) is 11.6. The summed E-state index contributed by atoms with van der Waals surface area (Å²) in [4.78, 5) is 20.4. The van der Waals surface area contributed by atoms with Crippen molar-refractivity contribution >= 4 is 0 Å². The number of pyridine rings is 2. The molecule has 0 bridgehead atoms. The molecule has 1 aromatic carbocycles. The second-order valence-electron chi connectivity index (χ2n) is 6.20. The van der Waals surface area contributed by atoms with E-state index in [0.717, 1.165) is 6.07 Å². The Bertz CT molecular complexity index is 1200. The fraction of sp³-hybridized carbons (Fsp3) is 0.100. The summed E-state index contributed by atoms with van der Waals surface area (Å²) in [7, 11) is 0. The number of nitrogens with zero attached hydrogens (tertiary/aromatic N) is 4. The Morgan fingerprint density at radius 1 is 0.966 bits per heavy atom. The summed E-state index contributed by atoms with van der Waals surface area (Å²) in [5, 5.41) is 3.90. The molecule has 0 saturated carbocycles. The second-order valence-corrected chi connectivity index (χ2v) is 6.20. The topological polar surface area (TPSA) is 73.8 Å². The van der Waals surface area contributed by atoms with Gasteiger partial charge in [0.15, 0.2) is 0 Å². The Morgan fingerprint density at radius 3 is 2.48 bits per heavy atom. The van der Waals surface area contributed by atoms with Gasteiger partial charge < -0.3 is 9.09 Å². The summed E-state index contributed by atoms with van der Waals surface area (Å²) in [6.45, 7) is -0.242. The fourth-order valence-electron chi connectivity index (χ4n) is 2.86. The maximum absolute atomic E-state index is 13.2. The van der Waals surface area contributed by atoms with Crippen molar-refractivity contribution in [1.29, 1.82) is 0 Å². The van der Waals surface area contributed by atoms with Crippen LogP contribution >= 0.6 is 0 Å². The minimum Gasteiger partial charge on any atom is -0.334 e. The molecule has 3 heterocycles. The first-order valence-electron chi connectivity index (χ1n) is 8.52. The van der Waals surface area contributed by atoms with Crippen LogP contribution in [0, 0.1) is 0 Å². The SMILES string of the molecule is O=c1ccc(-c2nc(-c3ccncc3)no2)cn1Cc1ccccc1C(F)(F)F. The van der Waals surface area contributed by atoms with E-state index in [1.807, 2.05) is 0 Å². The van der Waals surface area contributed by atoms with Crippen LogP contribution in [0.5, 0.6) is 0 Å². The lowest BCUT2D eigenvalue weighted by atomic mass is 10.1. The highest BCUT2D eigenvalue weighted by molar-refractivity contribution is 5.58. The second kappa shape index (κ2) is 7.34. The molecule has 0 atom stereocenters. The highest BCUT2D eigenvalue weighted by Gasteiger charge is 2.32. The molecular formula is C20H13F3N4O2. The van der Waals surface area contributed by atoms with Gasteiger partial charge in [0, 0.05) is 30.2 Å². The third-order valence-corrected chi connectivity index (χ3v) is 4.26. The Morgan fingerprint density at radius 2 is 1.72 bits per heavy atom. The lowest BCUT2D eigenvalue weighted by molar-refractivity contribution is -0.138. The van der Waals surface area contributed by atoms with Crippen LogP contribution in [0.25, 0.3) is 22.8 Å².